The summed E-state index contributed by atoms with van der Waals surface area (Å²) in [4.78, 5) is 12.4. The molecular formula is C43H83NO4. The van der Waals surface area contributed by atoms with E-state index in [1.54, 1.807) is 0 Å². The molecule has 0 saturated carbocycles. The van der Waals surface area contributed by atoms with Crippen LogP contribution in [0.1, 0.15) is 219 Å². The maximum Gasteiger partial charge on any atom is 0.220 e. The van der Waals surface area contributed by atoms with Crippen molar-refractivity contribution in [1.29, 1.82) is 0 Å². The third kappa shape index (κ3) is 33.3. The fraction of sp³-hybridized carbons (Fsp3) is 0.884. The van der Waals surface area contributed by atoms with Crippen LogP contribution in [0.25, 0.3) is 0 Å². The Balaban J connectivity index is 3.65. The van der Waals surface area contributed by atoms with Gasteiger partial charge in [0.2, 0.25) is 5.91 Å². The first kappa shape index (κ1) is 46.8. The van der Waals surface area contributed by atoms with E-state index in [9.17, 15) is 20.1 Å². The molecule has 0 heterocycles. The quantitative estimate of drug-likeness (QED) is 0.0387. The number of nitrogens with one attached hydrogen (secondary N) is 1. The predicted molar refractivity (Wildman–Crippen MR) is 208 cm³/mol. The number of allylic oxidation sites excluding steroid dienone is 4. The number of rotatable bonds is 38. The van der Waals surface area contributed by atoms with Crippen molar-refractivity contribution in [2.45, 2.75) is 238 Å². The molecule has 0 aromatic heterocycles. The highest BCUT2D eigenvalue weighted by atomic mass is 16.3. The van der Waals surface area contributed by atoms with Gasteiger partial charge in [-0.25, -0.2) is 0 Å². The fourth-order valence-electron chi connectivity index (χ4n) is 6.49. The van der Waals surface area contributed by atoms with Gasteiger partial charge in [0.15, 0.2) is 0 Å². The lowest BCUT2D eigenvalue weighted by atomic mass is 9.99. The molecule has 0 spiro atoms. The van der Waals surface area contributed by atoms with Gasteiger partial charge in [0.1, 0.15) is 6.10 Å². The molecule has 5 nitrogen and oxygen atoms in total. The highest BCUT2D eigenvalue weighted by Gasteiger charge is 2.26. The Hall–Kier alpha value is -1.17. The monoisotopic (exact) mass is 678 g/mol. The summed E-state index contributed by atoms with van der Waals surface area (Å²) in [6.45, 7) is 4.15. The van der Waals surface area contributed by atoms with Crippen LogP contribution >= 0.6 is 0 Å². The molecule has 0 rings (SSSR count). The third-order valence-corrected chi connectivity index (χ3v) is 9.81. The second-order valence-corrected chi connectivity index (χ2v) is 14.5. The van der Waals surface area contributed by atoms with Gasteiger partial charge in [-0.1, -0.05) is 192 Å². The zero-order valence-electron chi connectivity index (χ0n) is 32.1. The van der Waals surface area contributed by atoms with Crippen LogP contribution in [0.2, 0.25) is 0 Å². The molecule has 0 aliphatic carbocycles. The molecule has 4 N–H and O–H groups in total. The molecule has 3 unspecified atom stereocenters. The van der Waals surface area contributed by atoms with Gasteiger partial charge in [-0.15, -0.1) is 0 Å². The van der Waals surface area contributed by atoms with Crippen LogP contribution in [-0.2, 0) is 4.79 Å². The topological polar surface area (TPSA) is 89.8 Å². The van der Waals surface area contributed by atoms with Crippen LogP contribution in [0.15, 0.2) is 24.3 Å². The number of hydrogen-bond acceptors (Lipinski definition) is 4. The lowest BCUT2D eigenvalue weighted by Gasteiger charge is -2.26. The summed E-state index contributed by atoms with van der Waals surface area (Å²) < 4.78 is 0. The van der Waals surface area contributed by atoms with Crippen molar-refractivity contribution in [3.63, 3.8) is 0 Å². The lowest BCUT2D eigenvalue weighted by Crippen LogP contribution is -2.50. The Labute approximate surface area is 299 Å². The fourth-order valence-corrected chi connectivity index (χ4v) is 6.49. The summed E-state index contributed by atoms with van der Waals surface area (Å²) in [6, 6.07) is -0.811. The maximum absolute atomic E-state index is 12.4. The van der Waals surface area contributed by atoms with Crippen molar-refractivity contribution in [2.75, 3.05) is 6.61 Å². The Morgan fingerprint density at radius 3 is 1.35 bits per heavy atom. The highest BCUT2D eigenvalue weighted by Crippen LogP contribution is 2.16. The van der Waals surface area contributed by atoms with Crippen molar-refractivity contribution in [1.82, 2.24) is 5.32 Å². The van der Waals surface area contributed by atoms with Crippen LogP contribution in [0.4, 0.5) is 0 Å². The van der Waals surface area contributed by atoms with Gasteiger partial charge in [-0.3, -0.25) is 4.79 Å². The molecule has 3 atom stereocenters. The van der Waals surface area contributed by atoms with Gasteiger partial charge in [0, 0.05) is 6.42 Å². The van der Waals surface area contributed by atoms with Gasteiger partial charge in [0.05, 0.1) is 18.8 Å². The van der Waals surface area contributed by atoms with Crippen LogP contribution in [0.3, 0.4) is 0 Å². The first-order chi connectivity index (χ1) is 23.6. The first-order valence-corrected chi connectivity index (χ1v) is 21.1. The van der Waals surface area contributed by atoms with Crippen molar-refractivity contribution < 1.29 is 20.1 Å². The normalized spacial score (nSPS) is 13.9. The molecule has 0 aliphatic rings. The van der Waals surface area contributed by atoms with Crippen molar-refractivity contribution in [3.05, 3.63) is 24.3 Å². The summed E-state index contributed by atoms with van der Waals surface area (Å²) >= 11 is 0. The van der Waals surface area contributed by atoms with E-state index in [4.69, 9.17) is 0 Å². The number of aliphatic hydroxyl groups is 3. The molecule has 0 aliphatic heterocycles. The third-order valence-electron chi connectivity index (χ3n) is 9.81. The van der Waals surface area contributed by atoms with Crippen molar-refractivity contribution >= 4 is 5.91 Å². The van der Waals surface area contributed by atoms with Gasteiger partial charge < -0.3 is 20.6 Å². The van der Waals surface area contributed by atoms with E-state index in [1.807, 2.05) is 0 Å². The van der Waals surface area contributed by atoms with E-state index < -0.39 is 18.2 Å². The number of aliphatic hydroxyl groups excluding tert-OH is 3. The van der Waals surface area contributed by atoms with Gasteiger partial charge in [-0.05, 0) is 44.9 Å². The van der Waals surface area contributed by atoms with E-state index in [1.165, 1.54) is 141 Å². The molecule has 284 valence electrons. The first-order valence-electron chi connectivity index (χ1n) is 21.1. The van der Waals surface area contributed by atoms with E-state index >= 15 is 0 Å². The average molecular weight is 678 g/mol. The summed E-state index contributed by atoms with van der Waals surface area (Å²) in [5.41, 5.74) is 0. The second kappa shape index (κ2) is 38.6. The average Bonchev–Trinajstić information content (AvgIpc) is 3.09. The molecule has 0 saturated heterocycles. The standard InChI is InChI=1S/C43H83NO4/c1-3-5-7-9-11-13-15-17-19-21-23-25-27-29-31-33-35-37-41(46)43(48)40(39-45)44-42(47)38-36-34-32-30-28-26-24-22-20-18-16-14-12-10-8-6-4-2/h12,14,18,20,40-41,43,45-46,48H,3-11,13,15-17,19,21-39H2,1-2H3,(H,44,47)/b14-12-,20-18-. The van der Waals surface area contributed by atoms with Crippen LogP contribution in [-0.4, -0.2) is 46.1 Å². The van der Waals surface area contributed by atoms with Gasteiger partial charge >= 0.3 is 0 Å². The number of amides is 1. The Kier molecular flexibility index (Phi) is 37.7. The van der Waals surface area contributed by atoms with Crippen LogP contribution < -0.4 is 5.32 Å². The molecular weight excluding hydrogens is 594 g/mol. The van der Waals surface area contributed by atoms with Crippen LogP contribution in [0, 0.1) is 0 Å². The molecule has 5 heteroatoms. The molecule has 0 bridgehead atoms. The Morgan fingerprint density at radius 1 is 0.521 bits per heavy atom. The summed E-state index contributed by atoms with van der Waals surface area (Å²) in [5.74, 6) is -0.152. The maximum atomic E-state index is 12.4. The molecule has 1 amide bonds. The van der Waals surface area contributed by atoms with E-state index in [2.05, 4.69) is 43.5 Å². The zero-order chi connectivity index (χ0) is 35.2. The largest absolute Gasteiger partial charge is 0.394 e. The molecule has 0 fully saturated rings. The predicted octanol–water partition coefficient (Wildman–Crippen LogP) is 11.8. The summed E-state index contributed by atoms with van der Waals surface area (Å²) in [7, 11) is 0. The Bertz CT molecular complexity index is 709. The molecule has 48 heavy (non-hydrogen) atoms. The second-order valence-electron chi connectivity index (χ2n) is 14.5. The minimum absolute atomic E-state index is 0.152. The van der Waals surface area contributed by atoms with Crippen molar-refractivity contribution in [3.8, 4) is 0 Å². The SMILES string of the molecule is CCCCC/C=C\C/C=C\CCCCCCCCCC(=O)NC(CO)C(O)C(O)CCCCCCCCCCCCCCCCCCC. The van der Waals surface area contributed by atoms with Gasteiger partial charge in [-0.2, -0.15) is 0 Å². The number of carbonyl (C=O) groups excluding carboxylic acids is 1. The number of unbranched alkanes of at least 4 members (excludes halogenated alkanes) is 26. The summed E-state index contributed by atoms with van der Waals surface area (Å²) in [5, 5.41) is 33.5. The van der Waals surface area contributed by atoms with Crippen LogP contribution in [0.5, 0.6) is 0 Å². The van der Waals surface area contributed by atoms with E-state index in [0.717, 1.165) is 51.4 Å². The summed E-state index contributed by atoms with van der Waals surface area (Å²) in [6.07, 6.45) is 45.6. The minimum atomic E-state index is -1.14. The highest BCUT2D eigenvalue weighted by molar-refractivity contribution is 5.76. The minimum Gasteiger partial charge on any atom is -0.394 e. The Morgan fingerprint density at radius 2 is 0.896 bits per heavy atom. The molecule has 0 radical (unpaired) electrons. The van der Waals surface area contributed by atoms with E-state index in [-0.39, 0.29) is 12.5 Å². The molecule has 0 aromatic carbocycles. The van der Waals surface area contributed by atoms with E-state index in [0.29, 0.717) is 12.8 Å². The number of carbonyl (C=O) groups is 1. The van der Waals surface area contributed by atoms with Gasteiger partial charge in [0.25, 0.3) is 0 Å². The van der Waals surface area contributed by atoms with Crippen molar-refractivity contribution in [2.24, 2.45) is 0 Å². The molecule has 0 aromatic rings. The smallest absolute Gasteiger partial charge is 0.220 e. The lowest BCUT2D eigenvalue weighted by molar-refractivity contribution is -0.124. The number of hydrogen-bond donors (Lipinski definition) is 4. The zero-order valence-corrected chi connectivity index (χ0v) is 32.1.